The molecule has 2 saturated carbocycles. The van der Waals surface area contributed by atoms with Crippen LogP contribution < -0.4 is 10.1 Å². The molecule has 4 aliphatic heterocycles. The van der Waals surface area contributed by atoms with E-state index in [0.717, 1.165) is 75.8 Å². The van der Waals surface area contributed by atoms with Crippen LogP contribution in [0.15, 0.2) is 18.2 Å². The van der Waals surface area contributed by atoms with Gasteiger partial charge in [-0.05, 0) is 87.0 Å². The van der Waals surface area contributed by atoms with Crippen molar-refractivity contribution in [3.8, 4) is 5.75 Å². The fourth-order valence-electron chi connectivity index (χ4n) is 8.03. The monoisotopic (exact) mass is 598 g/mol. The lowest BCUT2D eigenvalue weighted by Crippen LogP contribution is -2.60. The molecular weight excluding hydrogens is 556 g/mol. The van der Waals surface area contributed by atoms with Crippen LogP contribution in [-0.2, 0) is 26.2 Å². The van der Waals surface area contributed by atoms with Crippen molar-refractivity contribution in [1.82, 2.24) is 19.4 Å². The highest BCUT2D eigenvalue weighted by Gasteiger charge is 2.44. The van der Waals surface area contributed by atoms with Crippen molar-refractivity contribution in [3.63, 3.8) is 0 Å². The third kappa shape index (κ3) is 5.15. The SMILES string of the molecule is O=C1CCC(N2Cc3cc(O[C@@H]4CCCC[C@@H]4N4CC(C5CCN(S(=O)(=O)C6CCC6)CC5)C4)ccc3C2=O)C(=O)N1. The van der Waals surface area contributed by atoms with Gasteiger partial charge in [0.15, 0.2) is 0 Å². The first-order chi connectivity index (χ1) is 20.3. The number of sulfonamides is 1. The Balaban J connectivity index is 0.938. The molecule has 3 amide bonds. The van der Waals surface area contributed by atoms with Crippen molar-refractivity contribution in [2.24, 2.45) is 11.8 Å². The molecule has 1 unspecified atom stereocenters. The zero-order valence-electron chi connectivity index (χ0n) is 24.2. The van der Waals surface area contributed by atoms with Gasteiger partial charge >= 0.3 is 0 Å². The summed E-state index contributed by atoms with van der Waals surface area (Å²) in [5, 5.41) is 2.23. The lowest BCUT2D eigenvalue weighted by molar-refractivity contribution is -0.136. The average Bonchev–Trinajstić information content (AvgIpc) is 3.23. The highest BCUT2D eigenvalue weighted by atomic mass is 32.2. The predicted molar refractivity (Wildman–Crippen MR) is 155 cm³/mol. The summed E-state index contributed by atoms with van der Waals surface area (Å²) < 4.78 is 34.0. The summed E-state index contributed by atoms with van der Waals surface area (Å²) >= 11 is 0. The van der Waals surface area contributed by atoms with E-state index in [2.05, 4.69) is 10.2 Å². The zero-order chi connectivity index (χ0) is 29.0. The van der Waals surface area contributed by atoms with Crippen LogP contribution in [0, 0.1) is 11.8 Å². The van der Waals surface area contributed by atoms with Crippen molar-refractivity contribution >= 4 is 27.7 Å². The van der Waals surface area contributed by atoms with Crippen LogP contribution in [0.4, 0.5) is 0 Å². The minimum absolute atomic E-state index is 0.0931. The Morgan fingerprint density at radius 3 is 2.33 bits per heavy atom. The van der Waals surface area contributed by atoms with E-state index in [0.29, 0.717) is 49.5 Å². The van der Waals surface area contributed by atoms with Gasteiger partial charge in [-0.25, -0.2) is 12.7 Å². The highest BCUT2D eigenvalue weighted by molar-refractivity contribution is 7.89. The number of benzene rings is 1. The fraction of sp³-hybridized carbons (Fsp3) is 0.710. The first-order valence-electron chi connectivity index (χ1n) is 15.9. The molecule has 0 spiro atoms. The number of hydrogen-bond donors (Lipinski definition) is 1. The van der Waals surface area contributed by atoms with E-state index in [1.807, 2.05) is 18.2 Å². The number of nitrogens with zero attached hydrogens (tertiary/aromatic N) is 3. The molecule has 3 saturated heterocycles. The van der Waals surface area contributed by atoms with Gasteiger partial charge in [0.05, 0.1) is 5.25 Å². The summed E-state index contributed by atoms with van der Waals surface area (Å²) in [6.07, 6.45) is 9.78. The standard InChI is InChI=1S/C31H42N4O6S/c36-29-11-10-27(30(37)32-29)35-19-21-16-23(8-9-25(21)31(35)38)41-28-7-2-1-6-26(28)33-17-22(18-33)20-12-14-34(15-13-20)42(39,40)24-4-3-5-24/h8-9,16,20,22,24,26-28H,1-7,10-15,17-19H2,(H,32,36,37)/t26-,27?,28+/m0/s1. The number of imide groups is 1. The number of carbonyl (C=O) groups is 3. The Morgan fingerprint density at radius 1 is 0.857 bits per heavy atom. The number of ether oxygens (including phenoxy) is 1. The summed E-state index contributed by atoms with van der Waals surface area (Å²) in [4.78, 5) is 41.2. The molecule has 2 aliphatic carbocycles. The minimum atomic E-state index is -3.09. The van der Waals surface area contributed by atoms with E-state index in [1.165, 1.54) is 6.42 Å². The maximum atomic E-state index is 13.1. The van der Waals surface area contributed by atoms with E-state index in [1.54, 1.807) is 9.21 Å². The van der Waals surface area contributed by atoms with Crippen LogP contribution in [0.3, 0.4) is 0 Å². The summed E-state index contributed by atoms with van der Waals surface area (Å²) in [6.45, 7) is 3.82. The van der Waals surface area contributed by atoms with E-state index in [4.69, 9.17) is 4.74 Å². The number of piperidine rings is 2. The van der Waals surface area contributed by atoms with Gasteiger partial charge in [0.2, 0.25) is 21.8 Å². The molecule has 10 nitrogen and oxygen atoms in total. The minimum Gasteiger partial charge on any atom is -0.489 e. The van der Waals surface area contributed by atoms with Gasteiger partial charge in [-0.2, -0.15) is 0 Å². The molecule has 11 heteroatoms. The lowest BCUT2D eigenvalue weighted by Gasteiger charge is -2.51. The van der Waals surface area contributed by atoms with Crippen LogP contribution in [-0.4, -0.2) is 89.9 Å². The van der Waals surface area contributed by atoms with Crippen LogP contribution in [0.1, 0.15) is 86.6 Å². The normalized spacial score (nSPS) is 30.5. The van der Waals surface area contributed by atoms with Crippen LogP contribution in [0.25, 0.3) is 0 Å². The summed E-state index contributed by atoms with van der Waals surface area (Å²) in [5.74, 6) is 1.14. The second-order valence-corrected chi connectivity index (χ2v) is 15.5. The summed E-state index contributed by atoms with van der Waals surface area (Å²) in [5.41, 5.74) is 1.47. The van der Waals surface area contributed by atoms with Crippen molar-refractivity contribution in [2.75, 3.05) is 26.2 Å². The maximum Gasteiger partial charge on any atom is 0.255 e. The van der Waals surface area contributed by atoms with Crippen molar-refractivity contribution in [1.29, 1.82) is 0 Å². The molecule has 1 N–H and O–H groups in total. The highest BCUT2D eigenvalue weighted by Crippen LogP contribution is 2.39. The van der Waals surface area contributed by atoms with E-state index < -0.39 is 22.0 Å². The molecule has 6 aliphatic rings. The summed E-state index contributed by atoms with van der Waals surface area (Å²) in [6, 6.07) is 5.39. The van der Waals surface area contributed by atoms with Gasteiger partial charge in [-0.1, -0.05) is 12.8 Å². The van der Waals surface area contributed by atoms with Crippen molar-refractivity contribution in [3.05, 3.63) is 29.3 Å². The smallest absolute Gasteiger partial charge is 0.255 e. The first kappa shape index (κ1) is 28.3. The number of hydrogen-bond acceptors (Lipinski definition) is 7. The van der Waals surface area contributed by atoms with Crippen LogP contribution >= 0.6 is 0 Å². The third-order valence-electron chi connectivity index (χ3n) is 10.9. The van der Waals surface area contributed by atoms with Crippen LogP contribution in [0.5, 0.6) is 5.75 Å². The second-order valence-electron chi connectivity index (χ2n) is 13.3. The second kappa shape index (κ2) is 11.2. The number of rotatable bonds is 7. The van der Waals surface area contributed by atoms with Gasteiger partial charge < -0.3 is 9.64 Å². The molecule has 0 aromatic heterocycles. The fourth-order valence-corrected chi connectivity index (χ4v) is 10.1. The molecule has 0 radical (unpaired) electrons. The molecule has 1 aromatic carbocycles. The first-order valence-corrected chi connectivity index (χ1v) is 17.5. The Bertz CT molecular complexity index is 1350. The van der Waals surface area contributed by atoms with Crippen molar-refractivity contribution in [2.45, 2.75) is 101 Å². The van der Waals surface area contributed by atoms with E-state index >= 15 is 0 Å². The third-order valence-corrected chi connectivity index (χ3v) is 13.3. The number of fused-ring (bicyclic) bond motifs is 1. The lowest BCUT2D eigenvalue weighted by atomic mass is 9.78. The number of likely N-dealkylation sites (tertiary alicyclic amines) is 1. The molecule has 228 valence electrons. The molecular formula is C31H42N4O6S. The Hall–Kier alpha value is -2.50. The van der Waals surface area contributed by atoms with Crippen LogP contribution in [0.2, 0.25) is 0 Å². The van der Waals surface area contributed by atoms with Gasteiger partial charge in [0.25, 0.3) is 5.91 Å². The quantitative estimate of drug-likeness (QED) is 0.480. The van der Waals surface area contributed by atoms with E-state index in [9.17, 15) is 22.8 Å². The van der Waals surface area contributed by atoms with Crippen molar-refractivity contribution < 1.29 is 27.5 Å². The molecule has 1 aromatic rings. The number of nitrogens with one attached hydrogen (secondary N) is 1. The topological polar surface area (TPSA) is 116 Å². The maximum absolute atomic E-state index is 13.1. The molecule has 4 heterocycles. The van der Waals surface area contributed by atoms with E-state index in [-0.39, 0.29) is 29.6 Å². The van der Waals surface area contributed by atoms with Gasteiger partial charge in [0, 0.05) is 50.7 Å². The average molecular weight is 599 g/mol. The molecule has 7 rings (SSSR count). The Labute approximate surface area is 248 Å². The summed E-state index contributed by atoms with van der Waals surface area (Å²) in [7, 11) is -3.09. The molecule has 3 atom stereocenters. The Morgan fingerprint density at radius 2 is 1.62 bits per heavy atom. The van der Waals surface area contributed by atoms with Gasteiger partial charge in [0.1, 0.15) is 17.9 Å². The Kier molecular flexibility index (Phi) is 7.55. The zero-order valence-corrected chi connectivity index (χ0v) is 25.0. The van der Waals surface area contributed by atoms with Gasteiger partial charge in [-0.3, -0.25) is 24.6 Å². The molecule has 42 heavy (non-hydrogen) atoms. The van der Waals surface area contributed by atoms with Gasteiger partial charge in [-0.15, -0.1) is 0 Å². The molecule has 0 bridgehead atoms. The largest absolute Gasteiger partial charge is 0.489 e. The number of carbonyl (C=O) groups excluding carboxylic acids is 3. The predicted octanol–water partition coefficient (Wildman–Crippen LogP) is 2.66. The molecule has 5 fully saturated rings. The number of amides is 3.